The van der Waals surface area contributed by atoms with Crippen molar-refractivity contribution in [2.75, 3.05) is 29.9 Å². The maximum Gasteiger partial charge on any atom is 0.175 e. The smallest absolute Gasteiger partial charge is 0.175 e. The van der Waals surface area contributed by atoms with Crippen LogP contribution in [0.2, 0.25) is 5.02 Å². The van der Waals surface area contributed by atoms with Crippen molar-refractivity contribution in [1.29, 1.82) is 0 Å². The van der Waals surface area contributed by atoms with Crippen LogP contribution in [0, 0.1) is 12.8 Å². The van der Waals surface area contributed by atoms with Crippen LogP contribution in [-0.2, 0) is 11.2 Å². The summed E-state index contributed by atoms with van der Waals surface area (Å²) in [4.78, 5) is 36.6. The molecule has 5 rings (SSSR count). The minimum absolute atomic E-state index is 0.0577. The van der Waals surface area contributed by atoms with Crippen molar-refractivity contribution in [3.05, 3.63) is 62.7 Å². The highest BCUT2D eigenvalue weighted by atomic mass is 35.5. The van der Waals surface area contributed by atoms with Gasteiger partial charge in [-0.15, -0.1) is 11.3 Å². The van der Waals surface area contributed by atoms with Gasteiger partial charge >= 0.3 is 0 Å². The topological polar surface area (TPSA) is 84.4 Å². The number of nitrogens with one attached hydrogen (secondary N) is 1. The Balaban J connectivity index is 1.14. The summed E-state index contributed by atoms with van der Waals surface area (Å²) in [7, 11) is 0. The molecule has 212 valence electrons. The second kappa shape index (κ2) is 12.7. The highest BCUT2D eigenvalue weighted by molar-refractivity contribution is 7.14. The number of rotatable bonds is 13. The SMILES string of the molecule is CCC(=O)Cc1nc(C)c(C(=O)C[C@@H](C)c2ccc(O[C@@H]3CCN(c4ccnc(NCC5CC5)c4Cl)C3)cc2)s1. The molecule has 1 N–H and O–H groups in total. The summed E-state index contributed by atoms with van der Waals surface area (Å²) in [5.41, 5.74) is 2.80. The number of ether oxygens (including phenoxy) is 1. The Bertz CT molecular complexity index is 1360. The molecule has 0 radical (unpaired) electrons. The third-order valence-corrected chi connectivity index (χ3v) is 9.26. The molecule has 0 bridgehead atoms. The number of hydrogen-bond acceptors (Lipinski definition) is 8. The van der Waals surface area contributed by atoms with Gasteiger partial charge in [0.1, 0.15) is 33.5 Å². The molecule has 1 saturated heterocycles. The van der Waals surface area contributed by atoms with Crippen molar-refractivity contribution in [3.8, 4) is 5.75 Å². The van der Waals surface area contributed by atoms with Crippen LogP contribution in [0.25, 0.3) is 0 Å². The predicted molar refractivity (Wildman–Crippen MR) is 161 cm³/mol. The lowest BCUT2D eigenvalue weighted by Gasteiger charge is -2.21. The summed E-state index contributed by atoms with van der Waals surface area (Å²) < 4.78 is 6.31. The molecule has 3 aromatic rings. The minimum atomic E-state index is 0.0577. The summed E-state index contributed by atoms with van der Waals surface area (Å²) >= 11 is 8.06. The minimum Gasteiger partial charge on any atom is -0.489 e. The number of carbonyl (C=O) groups excluding carboxylic acids is 2. The van der Waals surface area contributed by atoms with Crippen molar-refractivity contribution in [2.24, 2.45) is 5.92 Å². The number of aryl methyl sites for hydroxylation is 1. The first-order valence-electron chi connectivity index (χ1n) is 14.2. The Morgan fingerprint density at radius 1 is 1.20 bits per heavy atom. The van der Waals surface area contributed by atoms with Crippen LogP contribution in [0.3, 0.4) is 0 Å². The molecule has 2 aromatic heterocycles. The number of halogens is 1. The third-order valence-electron chi connectivity index (χ3n) is 7.69. The van der Waals surface area contributed by atoms with E-state index in [9.17, 15) is 9.59 Å². The molecule has 0 spiro atoms. The fraction of sp³-hybridized carbons (Fsp3) is 0.484. The molecule has 1 saturated carbocycles. The molecule has 1 aliphatic carbocycles. The molecule has 1 aromatic carbocycles. The number of pyridine rings is 1. The first-order chi connectivity index (χ1) is 19.3. The maximum absolute atomic E-state index is 13.0. The molecule has 2 aliphatic rings. The molecule has 0 unspecified atom stereocenters. The lowest BCUT2D eigenvalue weighted by Crippen LogP contribution is -2.25. The number of carbonyl (C=O) groups is 2. The molecule has 0 amide bonds. The normalized spacial score (nSPS) is 17.6. The molecule has 40 heavy (non-hydrogen) atoms. The quantitative estimate of drug-likeness (QED) is 0.221. The second-order valence-corrected chi connectivity index (χ2v) is 12.4. The average molecular weight is 581 g/mol. The molecule has 9 heteroatoms. The summed E-state index contributed by atoms with van der Waals surface area (Å²) in [6.45, 7) is 8.32. The number of ketones is 2. The van der Waals surface area contributed by atoms with Crippen LogP contribution in [-0.4, -0.2) is 47.3 Å². The van der Waals surface area contributed by atoms with Gasteiger partial charge in [0, 0.05) is 38.5 Å². The number of Topliss-reactive ketones (excluding diaryl/α,β-unsaturated/α-hetero) is 2. The largest absolute Gasteiger partial charge is 0.489 e. The molecular formula is C31H37ClN4O3S. The molecular weight excluding hydrogens is 544 g/mol. The Kier molecular flexibility index (Phi) is 9.06. The third kappa shape index (κ3) is 7.02. The fourth-order valence-electron chi connectivity index (χ4n) is 5.04. The van der Waals surface area contributed by atoms with Gasteiger partial charge in [-0.2, -0.15) is 0 Å². The zero-order valence-corrected chi connectivity index (χ0v) is 25.0. The van der Waals surface area contributed by atoms with Crippen LogP contribution in [0.1, 0.15) is 77.8 Å². The van der Waals surface area contributed by atoms with E-state index in [1.165, 1.54) is 24.2 Å². The van der Waals surface area contributed by atoms with E-state index in [0.29, 0.717) is 34.9 Å². The van der Waals surface area contributed by atoms with E-state index in [-0.39, 0.29) is 23.6 Å². The number of anilines is 2. The summed E-state index contributed by atoms with van der Waals surface area (Å²) in [6, 6.07) is 10.0. The zero-order valence-electron chi connectivity index (χ0n) is 23.4. The first-order valence-corrected chi connectivity index (χ1v) is 15.4. The van der Waals surface area contributed by atoms with Crippen LogP contribution in [0.4, 0.5) is 11.5 Å². The van der Waals surface area contributed by atoms with Crippen molar-refractivity contribution in [3.63, 3.8) is 0 Å². The lowest BCUT2D eigenvalue weighted by atomic mass is 9.95. The Morgan fingerprint density at radius 3 is 2.70 bits per heavy atom. The molecule has 2 fully saturated rings. The van der Waals surface area contributed by atoms with Gasteiger partial charge in [0.25, 0.3) is 0 Å². The van der Waals surface area contributed by atoms with Crippen molar-refractivity contribution < 1.29 is 14.3 Å². The summed E-state index contributed by atoms with van der Waals surface area (Å²) in [6.07, 6.45) is 6.54. The Labute approximate surface area is 245 Å². The van der Waals surface area contributed by atoms with E-state index in [2.05, 4.69) is 27.1 Å². The standard InChI is InChI=1S/C31H37ClN4O3S/c1-4-23(37)16-28-35-20(3)30(40-28)27(38)15-19(2)22-7-9-24(10-8-22)39-25-12-14-36(18-25)26-11-13-33-31(29(26)32)34-17-21-5-6-21/h7-11,13,19,21,25H,4-6,12,14-18H2,1-3H3,(H,33,34)/t19-,25-/m1/s1. The molecule has 3 heterocycles. The average Bonchev–Trinajstić information content (AvgIpc) is 3.54. The van der Waals surface area contributed by atoms with E-state index >= 15 is 0 Å². The van der Waals surface area contributed by atoms with E-state index in [1.807, 2.05) is 50.4 Å². The van der Waals surface area contributed by atoms with Gasteiger partial charge in [-0.25, -0.2) is 9.97 Å². The maximum atomic E-state index is 13.0. The highest BCUT2D eigenvalue weighted by Crippen LogP contribution is 2.36. The van der Waals surface area contributed by atoms with E-state index in [1.54, 1.807) is 0 Å². The van der Waals surface area contributed by atoms with Gasteiger partial charge in [0.15, 0.2) is 5.78 Å². The van der Waals surface area contributed by atoms with Gasteiger partial charge in [-0.05, 0) is 55.4 Å². The van der Waals surface area contributed by atoms with Gasteiger partial charge in [-0.1, -0.05) is 37.6 Å². The van der Waals surface area contributed by atoms with Crippen LogP contribution in [0.5, 0.6) is 5.75 Å². The van der Waals surface area contributed by atoms with Crippen molar-refractivity contribution in [1.82, 2.24) is 9.97 Å². The number of nitrogens with zero attached hydrogens (tertiary/aromatic N) is 3. The number of thiazole rings is 1. The number of benzene rings is 1. The van der Waals surface area contributed by atoms with Crippen molar-refractivity contribution >= 4 is 46.0 Å². The second-order valence-electron chi connectivity index (χ2n) is 11.0. The molecule has 1 aliphatic heterocycles. The van der Waals surface area contributed by atoms with Gasteiger partial charge in [0.2, 0.25) is 0 Å². The Hall–Kier alpha value is -2.97. The lowest BCUT2D eigenvalue weighted by molar-refractivity contribution is -0.118. The number of hydrogen-bond donors (Lipinski definition) is 1. The van der Waals surface area contributed by atoms with Gasteiger partial charge in [0.05, 0.1) is 29.2 Å². The van der Waals surface area contributed by atoms with Gasteiger partial charge < -0.3 is 15.0 Å². The monoisotopic (exact) mass is 580 g/mol. The zero-order chi connectivity index (χ0) is 28.2. The molecule has 7 nitrogen and oxygen atoms in total. The van der Waals surface area contributed by atoms with Crippen LogP contribution in [0.15, 0.2) is 36.5 Å². The van der Waals surface area contributed by atoms with Crippen LogP contribution >= 0.6 is 22.9 Å². The van der Waals surface area contributed by atoms with Crippen molar-refractivity contribution in [2.45, 2.75) is 71.3 Å². The summed E-state index contributed by atoms with van der Waals surface area (Å²) in [5, 5.41) is 4.80. The van der Waals surface area contributed by atoms with Gasteiger partial charge in [-0.3, -0.25) is 9.59 Å². The van der Waals surface area contributed by atoms with Crippen LogP contribution < -0.4 is 15.0 Å². The predicted octanol–water partition coefficient (Wildman–Crippen LogP) is 6.88. The Morgan fingerprint density at radius 2 is 1.98 bits per heavy atom. The van der Waals surface area contributed by atoms with E-state index in [4.69, 9.17) is 16.3 Å². The molecule has 2 atom stereocenters. The highest BCUT2D eigenvalue weighted by Gasteiger charge is 2.27. The van der Waals surface area contributed by atoms with E-state index < -0.39 is 0 Å². The summed E-state index contributed by atoms with van der Waals surface area (Å²) in [5.74, 6) is 2.61. The number of aromatic nitrogens is 2. The first kappa shape index (κ1) is 28.6. The van der Waals surface area contributed by atoms with E-state index in [0.717, 1.165) is 59.8 Å². The fourth-order valence-corrected chi connectivity index (χ4v) is 6.38.